The molecule has 0 aliphatic carbocycles. The third-order valence-electron chi connectivity index (χ3n) is 4.09. The maximum atomic E-state index is 12.9. The van der Waals surface area contributed by atoms with Gasteiger partial charge in [0, 0.05) is 5.69 Å². The van der Waals surface area contributed by atoms with Crippen molar-refractivity contribution in [3.8, 4) is 6.07 Å². The van der Waals surface area contributed by atoms with Gasteiger partial charge in [-0.2, -0.15) is 5.26 Å². The number of quaternary nitrogens is 1. The number of carbonyl (C=O) groups is 1. The van der Waals surface area contributed by atoms with Crippen molar-refractivity contribution < 1.29 is 19.2 Å². The average molecular weight is 380 g/mol. The van der Waals surface area contributed by atoms with Gasteiger partial charge in [0.1, 0.15) is 24.0 Å². The van der Waals surface area contributed by atoms with Crippen LogP contribution in [0, 0.1) is 17.1 Å². The summed E-state index contributed by atoms with van der Waals surface area (Å²) >= 11 is 0. The number of fused-ring (bicyclic) bond motifs is 1. The highest BCUT2D eigenvalue weighted by atomic mass is 19.1. The Kier molecular flexibility index (Phi) is 5.67. The van der Waals surface area contributed by atoms with E-state index in [1.165, 1.54) is 24.3 Å². The summed E-state index contributed by atoms with van der Waals surface area (Å²) in [7, 11) is 1.72. The highest BCUT2D eigenvalue weighted by Gasteiger charge is 2.18. The molecule has 4 N–H and O–H groups in total. The number of H-pyrrole nitrogens is 1. The first kappa shape index (κ1) is 19.1. The monoisotopic (exact) mass is 380 g/mol. The molecule has 0 bridgehead atoms. The normalized spacial score (nSPS) is 12.9. The largest absolute Gasteiger partial charge is 0.506 e. The highest BCUT2D eigenvalue weighted by molar-refractivity contribution is 5.91. The number of nitriles is 1. The molecule has 2 aromatic carbocycles. The minimum Gasteiger partial charge on any atom is -0.506 e. The van der Waals surface area contributed by atoms with E-state index in [4.69, 9.17) is 0 Å². The SMILES string of the molecule is C[NH+](CC(=O)Nc1ccc(F)cc1)C/C(O)=C(\C#N)c1nc2ccccc2[nH]1. The molecule has 1 aromatic heterocycles. The van der Waals surface area contributed by atoms with Gasteiger partial charge >= 0.3 is 0 Å². The molecule has 0 spiro atoms. The van der Waals surface area contributed by atoms with Crippen LogP contribution in [0.15, 0.2) is 54.3 Å². The molecule has 1 amide bonds. The van der Waals surface area contributed by atoms with Crippen LogP contribution in [0.25, 0.3) is 16.6 Å². The molecule has 0 fully saturated rings. The minimum atomic E-state index is -0.384. The topological polar surface area (TPSA) is 106 Å². The highest BCUT2D eigenvalue weighted by Crippen LogP contribution is 2.18. The van der Waals surface area contributed by atoms with E-state index in [9.17, 15) is 19.6 Å². The van der Waals surface area contributed by atoms with E-state index in [2.05, 4.69) is 15.3 Å². The van der Waals surface area contributed by atoms with Gasteiger partial charge < -0.3 is 20.3 Å². The number of hydrogen-bond acceptors (Lipinski definition) is 4. The van der Waals surface area contributed by atoms with Crippen molar-refractivity contribution in [3.05, 3.63) is 65.9 Å². The summed E-state index contributed by atoms with van der Waals surface area (Å²) in [5, 5.41) is 22.5. The fraction of sp³-hybridized carbons (Fsp3) is 0.150. The third kappa shape index (κ3) is 4.52. The van der Waals surface area contributed by atoms with Gasteiger partial charge in [-0.3, -0.25) is 4.79 Å². The van der Waals surface area contributed by atoms with E-state index >= 15 is 0 Å². The number of aromatic nitrogens is 2. The molecule has 0 aliphatic rings. The van der Waals surface area contributed by atoms with Gasteiger partial charge in [0.15, 0.2) is 18.1 Å². The van der Waals surface area contributed by atoms with Crippen LogP contribution in [0.5, 0.6) is 0 Å². The number of aliphatic hydroxyl groups excluding tert-OH is 1. The Balaban J connectivity index is 1.67. The van der Waals surface area contributed by atoms with Crippen molar-refractivity contribution >= 4 is 28.2 Å². The summed E-state index contributed by atoms with van der Waals surface area (Å²) in [6, 6.07) is 14.7. The number of benzene rings is 2. The third-order valence-corrected chi connectivity index (χ3v) is 4.09. The predicted octanol–water partition coefficient (Wildman–Crippen LogP) is 1.65. The summed E-state index contributed by atoms with van der Waals surface area (Å²) in [4.78, 5) is 20.1. The van der Waals surface area contributed by atoms with Crippen LogP contribution < -0.4 is 10.2 Å². The van der Waals surface area contributed by atoms with Gasteiger partial charge in [0.25, 0.3) is 5.91 Å². The van der Waals surface area contributed by atoms with Gasteiger partial charge in [-0.1, -0.05) is 12.1 Å². The van der Waals surface area contributed by atoms with Crippen molar-refractivity contribution in [1.29, 1.82) is 5.26 Å². The zero-order valence-corrected chi connectivity index (χ0v) is 15.2. The number of aromatic amines is 1. The van der Waals surface area contributed by atoms with E-state index in [0.717, 1.165) is 5.52 Å². The lowest BCUT2D eigenvalue weighted by atomic mass is 10.2. The zero-order chi connectivity index (χ0) is 20.1. The average Bonchev–Trinajstić information content (AvgIpc) is 3.07. The number of imidazole rings is 1. The summed E-state index contributed by atoms with van der Waals surface area (Å²) in [5.74, 6) is -0.553. The van der Waals surface area contributed by atoms with Gasteiger partial charge in [-0.05, 0) is 36.4 Å². The molecule has 3 rings (SSSR count). The molecular weight excluding hydrogens is 361 g/mol. The Bertz CT molecular complexity index is 1030. The van der Waals surface area contributed by atoms with Crippen LogP contribution >= 0.6 is 0 Å². The number of para-hydroxylation sites is 2. The smallest absolute Gasteiger partial charge is 0.279 e. The van der Waals surface area contributed by atoms with Crippen LogP contribution in [0.3, 0.4) is 0 Å². The second-order valence-corrected chi connectivity index (χ2v) is 6.40. The number of likely N-dealkylation sites (N-methyl/N-ethyl adjacent to an activating group) is 1. The summed E-state index contributed by atoms with van der Waals surface area (Å²) in [6.07, 6.45) is 0. The molecule has 0 saturated carbocycles. The second-order valence-electron chi connectivity index (χ2n) is 6.40. The number of nitrogens with one attached hydrogen (secondary N) is 3. The van der Waals surface area contributed by atoms with Crippen LogP contribution in [0.1, 0.15) is 5.82 Å². The molecule has 1 heterocycles. The standard InChI is InChI=1S/C20H18FN5O2/c1-26(12-19(28)23-14-8-6-13(21)7-9-14)11-18(27)15(10-22)20-24-16-4-2-3-5-17(16)25-20/h2-9,27H,11-12H2,1H3,(H,23,28)(H,24,25)/p+1/b18-15-. The van der Waals surface area contributed by atoms with Crippen molar-refractivity contribution in [2.75, 3.05) is 25.5 Å². The fourth-order valence-corrected chi connectivity index (χ4v) is 2.77. The summed E-state index contributed by atoms with van der Waals surface area (Å²) < 4.78 is 12.9. The molecule has 1 atom stereocenters. The second kappa shape index (κ2) is 8.33. The summed E-state index contributed by atoms with van der Waals surface area (Å²) in [6.45, 7) is 0.122. The number of rotatable bonds is 6. The van der Waals surface area contributed by atoms with Gasteiger partial charge in [0.2, 0.25) is 0 Å². The van der Waals surface area contributed by atoms with Crippen molar-refractivity contribution in [2.45, 2.75) is 0 Å². The molecule has 3 aromatic rings. The van der Waals surface area contributed by atoms with Crippen molar-refractivity contribution in [1.82, 2.24) is 9.97 Å². The van der Waals surface area contributed by atoms with E-state index in [0.29, 0.717) is 16.1 Å². The van der Waals surface area contributed by atoms with E-state index in [1.807, 2.05) is 24.3 Å². The van der Waals surface area contributed by atoms with E-state index < -0.39 is 0 Å². The number of aliphatic hydroxyl groups is 1. The molecular formula is C20H19FN5O2+. The number of allylic oxidation sites excluding steroid dienone is 1. The number of nitrogens with zero attached hydrogens (tertiary/aromatic N) is 2. The zero-order valence-electron chi connectivity index (χ0n) is 15.2. The lowest BCUT2D eigenvalue weighted by molar-refractivity contribution is -0.867. The first-order valence-corrected chi connectivity index (χ1v) is 8.60. The van der Waals surface area contributed by atoms with E-state index in [1.54, 1.807) is 13.1 Å². The molecule has 28 heavy (non-hydrogen) atoms. The number of hydrogen-bond donors (Lipinski definition) is 4. The molecule has 0 radical (unpaired) electrons. The summed E-state index contributed by atoms with van der Waals surface area (Å²) in [5.41, 5.74) is 1.98. The van der Waals surface area contributed by atoms with Crippen LogP contribution in [-0.4, -0.2) is 41.1 Å². The molecule has 142 valence electrons. The minimum absolute atomic E-state index is 0.0366. The predicted molar refractivity (Wildman–Crippen MR) is 103 cm³/mol. The number of carbonyl (C=O) groups excluding carboxylic acids is 1. The fourth-order valence-electron chi connectivity index (χ4n) is 2.77. The first-order chi connectivity index (χ1) is 13.5. The van der Waals surface area contributed by atoms with E-state index in [-0.39, 0.29) is 42.0 Å². The Morgan fingerprint density at radius 1 is 1.25 bits per heavy atom. The quantitative estimate of drug-likeness (QED) is 0.385. The maximum absolute atomic E-state index is 12.9. The number of amides is 1. The lowest BCUT2D eigenvalue weighted by Gasteiger charge is -2.14. The van der Waals surface area contributed by atoms with Crippen LogP contribution in [0.2, 0.25) is 0 Å². The maximum Gasteiger partial charge on any atom is 0.279 e. The van der Waals surface area contributed by atoms with Gasteiger partial charge in [-0.25, -0.2) is 9.37 Å². The van der Waals surface area contributed by atoms with Crippen LogP contribution in [-0.2, 0) is 4.79 Å². The number of anilines is 1. The Morgan fingerprint density at radius 2 is 1.96 bits per heavy atom. The van der Waals surface area contributed by atoms with Gasteiger partial charge in [-0.15, -0.1) is 0 Å². The van der Waals surface area contributed by atoms with Crippen LogP contribution in [0.4, 0.5) is 10.1 Å². The van der Waals surface area contributed by atoms with Crippen molar-refractivity contribution in [3.63, 3.8) is 0 Å². The Hall–Kier alpha value is -3.70. The molecule has 8 heteroatoms. The molecule has 0 aliphatic heterocycles. The molecule has 1 unspecified atom stereocenters. The first-order valence-electron chi connectivity index (χ1n) is 8.60. The molecule has 0 saturated heterocycles. The Labute approximate surface area is 160 Å². The van der Waals surface area contributed by atoms with Gasteiger partial charge in [0.05, 0.1) is 18.1 Å². The lowest BCUT2D eigenvalue weighted by Crippen LogP contribution is -3.10. The van der Waals surface area contributed by atoms with Crippen molar-refractivity contribution in [2.24, 2.45) is 0 Å². The number of halogens is 1. The molecule has 7 nitrogen and oxygen atoms in total. The Morgan fingerprint density at radius 3 is 2.64 bits per heavy atom.